The number of carbonyl (C=O) groups excluding carboxylic acids is 1. The third-order valence-electron chi connectivity index (χ3n) is 3.80. The molecule has 0 radical (unpaired) electrons. The quantitative estimate of drug-likeness (QED) is 0.706. The van der Waals surface area contributed by atoms with Gasteiger partial charge in [-0.1, -0.05) is 0 Å². The van der Waals surface area contributed by atoms with E-state index in [1.165, 1.54) is 4.88 Å². The predicted octanol–water partition coefficient (Wildman–Crippen LogP) is 1.96. The van der Waals surface area contributed by atoms with Crippen LogP contribution in [0, 0.1) is 0 Å². The van der Waals surface area contributed by atoms with Crippen LogP contribution in [0.5, 0.6) is 0 Å². The van der Waals surface area contributed by atoms with Crippen molar-refractivity contribution in [2.24, 2.45) is 5.73 Å². The van der Waals surface area contributed by atoms with Gasteiger partial charge in [-0.15, -0.1) is 11.3 Å². The summed E-state index contributed by atoms with van der Waals surface area (Å²) in [4.78, 5) is 32.8. The monoisotopic (exact) mass is 354 g/mol. The predicted molar refractivity (Wildman–Crippen MR) is 87.9 cm³/mol. The number of aryl methyl sites for hydroxylation is 2. The lowest BCUT2D eigenvalue weighted by molar-refractivity contribution is -0.139. The average molecular weight is 355 g/mol. The van der Waals surface area contributed by atoms with Gasteiger partial charge in [0.15, 0.2) is 0 Å². The number of carboxylic acids is 1. The highest BCUT2D eigenvalue weighted by Gasteiger charge is 2.25. The molecule has 1 amide bonds. The van der Waals surface area contributed by atoms with E-state index in [1.54, 1.807) is 11.3 Å². The van der Waals surface area contributed by atoms with Gasteiger partial charge in [-0.2, -0.15) is 0 Å². The van der Waals surface area contributed by atoms with Gasteiger partial charge < -0.3 is 16.2 Å². The Bertz CT molecular complexity index is 792. The summed E-state index contributed by atoms with van der Waals surface area (Å²) in [5, 5.41) is 12.9. The summed E-state index contributed by atoms with van der Waals surface area (Å²) in [5.41, 5.74) is 6.27. The van der Waals surface area contributed by atoms with E-state index in [-0.39, 0.29) is 11.7 Å². The molecule has 4 N–H and O–H groups in total. The first kappa shape index (κ1) is 15.9. The van der Waals surface area contributed by atoms with E-state index in [0.29, 0.717) is 5.82 Å². The Balaban J connectivity index is 2.06. The number of nitrogens with zero attached hydrogens (tertiary/aromatic N) is 2. The van der Waals surface area contributed by atoms with Crippen molar-refractivity contribution < 1.29 is 14.7 Å². The van der Waals surface area contributed by atoms with Crippen LogP contribution in [-0.2, 0) is 22.4 Å². The number of fused-ring (bicyclic) bond motifs is 3. The Labute approximate surface area is 140 Å². The van der Waals surface area contributed by atoms with E-state index >= 15 is 0 Å². The van der Waals surface area contributed by atoms with Crippen molar-refractivity contribution in [1.82, 2.24) is 9.97 Å². The minimum Gasteiger partial charge on any atom is -0.480 e. The minimum atomic E-state index is -1.17. The summed E-state index contributed by atoms with van der Waals surface area (Å²) in [5.74, 6) is -1.52. The molecule has 2 aromatic rings. The first-order valence-electron chi connectivity index (χ1n) is 7.21. The topological polar surface area (TPSA) is 118 Å². The highest BCUT2D eigenvalue weighted by Crippen LogP contribution is 2.39. The molecule has 0 aromatic carbocycles. The Morgan fingerprint density at radius 3 is 2.78 bits per heavy atom. The van der Waals surface area contributed by atoms with Gasteiger partial charge in [-0.05, 0) is 42.8 Å². The second-order valence-electron chi connectivity index (χ2n) is 5.44. The zero-order valence-corrected chi connectivity index (χ0v) is 13.7. The van der Waals surface area contributed by atoms with Gasteiger partial charge in [0.25, 0.3) is 0 Å². The van der Waals surface area contributed by atoms with Crippen molar-refractivity contribution >= 4 is 50.8 Å². The largest absolute Gasteiger partial charge is 0.480 e. The van der Waals surface area contributed by atoms with E-state index < -0.39 is 17.9 Å². The smallest absolute Gasteiger partial charge is 0.326 e. The lowest BCUT2D eigenvalue weighted by Crippen LogP contribution is -2.34. The van der Waals surface area contributed by atoms with E-state index in [0.717, 1.165) is 41.5 Å². The molecule has 1 unspecified atom stereocenters. The minimum absolute atomic E-state index is 0.0433. The average Bonchev–Trinajstić information content (AvgIpc) is 2.83. The maximum Gasteiger partial charge on any atom is 0.326 e. The van der Waals surface area contributed by atoms with Crippen LogP contribution < -0.4 is 11.1 Å². The summed E-state index contributed by atoms with van der Waals surface area (Å²) in [6.45, 7) is 0. The van der Waals surface area contributed by atoms with Crippen LogP contribution in [0.15, 0.2) is 0 Å². The van der Waals surface area contributed by atoms with Crippen molar-refractivity contribution in [1.29, 1.82) is 0 Å². The van der Waals surface area contributed by atoms with Gasteiger partial charge in [-0.3, -0.25) is 4.79 Å². The highest BCUT2D eigenvalue weighted by molar-refractivity contribution is 7.19. The first-order valence-corrected chi connectivity index (χ1v) is 8.40. The van der Waals surface area contributed by atoms with Crippen LogP contribution in [0.2, 0.25) is 5.28 Å². The van der Waals surface area contributed by atoms with Crippen LogP contribution in [0.25, 0.3) is 10.2 Å². The Hall–Kier alpha value is -1.93. The number of aliphatic carboxylic acids is 1. The molecular weight excluding hydrogens is 340 g/mol. The Kier molecular flexibility index (Phi) is 4.36. The van der Waals surface area contributed by atoms with E-state index in [4.69, 9.17) is 17.3 Å². The van der Waals surface area contributed by atoms with Gasteiger partial charge in [0, 0.05) is 4.88 Å². The van der Waals surface area contributed by atoms with Gasteiger partial charge in [0.2, 0.25) is 11.2 Å². The zero-order chi connectivity index (χ0) is 16.6. The SMILES string of the molecule is NC(=O)CC(Nc1nc(Cl)nc2sc3c(c12)CCCC3)C(=O)O. The molecule has 0 fully saturated rings. The summed E-state index contributed by atoms with van der Waals surface area (Å²) in [6, 6.07) is -1.15. The number of carbonyl (C=O) groups is 2. The lowest BCUT2D eigenvalue weighted by Gasteiger charge is -2.16. The number of halogens is 1. The molecule has 3 rings (SSSR count). The summed E-state index contributed by atoms with van der Waals surface area (Å²) in [6.07, 6.45) is 3.76. The molecule has 1 aliphatic rings. The number of nitrogens with two attached hydrogens (primary N) is 1. The lowest BCUT2D eigenvalue weighted by atomic mass is 9.97. The molecule has 7 nitrogen and oxygen atoms in total. The molecular formula is C14H15ClN4O3S. The Morgan fingerprint density at radius 2 is 2.09 bits per heavy atom. The van der Waals surface area contributed by atoms with Crippen LogP contribution in [0.4, 0.5) is 5.82 Å². The second kappa shape index (κ2) is 6.29. The molecule has 0 bridgehead atoms. The number of carboxylic acid groups (broad SMARTS) is 1. The fraction of sp³-hybridized carbons (Fsp3) is 0.429. The zero-order valence-electron chi connectivity index (χ0n) is 12.1. The molecule has 0 saturated carbocycles. The molecule has 9 heteroatoms. The van der Waals surface area contributed by atoms with Crippen LogP contribution in [0.1, 0.15) is 29.7 Å². The van der Waals surface area contributed by atoms with Crippen LogP contribution >= 0.6 is 22.9 Å². The summed E-state index contributed by atoms with van der Waals surface area (Å²) >= 11 is 7.52. The van der Waals surface area contributed by atoms with Crippen LogP contribution in [-0.4, -0.2) is 33.0 Å². The molecule has 0 spiro atoms. The molecule has 122 valence electrons. The number of hydrogen-bond acceptors (Lipinski definition) is 6. The number of nitrogens with one attached hydrogen (secondary N) is 1. The standard InChI is InChI=1S/C14H15ClN4O3S/c15-14-18-11(17-7(13(21)22)5-9(16)20)10-6-3-1-2-4-8(6)23-12(10)19-14/h7H,1-5H2,(H2,16,20)(H,21,22)(H,17,18,19). The molecule has 0 aliphatic heterocycles. The normalized spacial score (nSPS) is 15.2. The first-order chi connectivity index (χ1) is 11.0. The van der Waals surface area contributed by atoms with Crippen molar-refractivity contribution in [2.45, 2.75) is 38.1 Å². The number of anilines is 1. The Morgan fingerprint density at radius 1 is 1.35 bits per heavy atom. The summed E-state index contributed by atoms with van der Waals surface area (Å²) in [7, 11) is 0. The maximum atomic E-state index is 11.3. The van der Waals surface area contributed by atoms with Gasteiger partial charge in [-0.25, -0.2) is 14.8 Å². The molecule has 1 aliphatic carbocycles. The maximum absolute atomic E-state index is 11.3. The highest BCUT2D eigenvalue weighted by atomic mass is 35.5. The fourth-order valence-corrected chi connectivity index (χ4v) is 4.28. The summed E-state index contributed by atoms with van der Waals surface area (Å²) < 4.78 is 0. The number of primary amides is 1. The number of thiophene rings is 1. The van der Waals surface area contributed by atoms with E-state index in [1.807, 2.05) is 0 Å². The number of aromatic nitrogens is 2. The molecule has 2 heterocycles. The number of amides is 1. The van der Waals surface area contributed by atoms with Crippen molar-refractivity contribution in [3.63, 3.8) is 0 Å². The van der Waals surface area contributed by atoms with E-state index in [2.05, 4.69) is 15.3 Å². The third-order valence-corrected chi connectivity index (χ3v) is 5.16. The second-order valence-corrected chi connectivity index (χ2v) is 6.86. The van der Waals surface area contributed by atoms with Crippen molar-refractivity contribution in [3.8, 4) is 0 Å². The molecule has 23 heavy (non-hydrogen) atoms. The molecule has 2 aromatic heterocycles. The van der Waals surface area contributed by atoms with Gasteiger partial charge in [0.05, 0.1) is 11.8 Å². The van der Waals surface area contributed by atoms with Gasteiger partial charge in [0.1, 0.15) is 16.7 Å². The molecule has 1 atom stereocenters. The van der Waals surface area contributed by atoms with Crippen LogP contribution in [0.3, 0.4) is 0 Å². The third kappa shape index (κ3) is 3.23. The van der Waals surface area contributed by atoms with Crippen molar-refractivity contribution in [3.05, 3.63) is 15.7 Å². The van der Waals surface area contributed by atoms with Crippen molar-refractivity contribution in [2.75, 3.05) is 5.32 Å². The number of hydrogen-bond donors (Lipinski definition) is 3. The molecule has 0 saturated heterocycles. The fourth-order valence-electron chi connectivity index (χ4n) is 2.80. The van der Waals surface area contributed by atoms with Gasteiger partial charge >= 0.3 is 5.97 Å². The van der Waals surface area contributed by atoms with E-state index in [9.17, 15) is 14.7 Å². The number of rotatable bonds is 5.